The van der Waals surface area contributed by atoms with Gasteiger partial charge in [-0.15, -0.1) is 0 Å². The Morgan fingerprint density at radius 2 is 1.89 bits per heavy atom. The molecule has 3 rings (SSSR count). The van der Waals surface area contributed by atoms with E-state index in [0.717, 1.165) is 6.42 Å². The van der Waals surface area contributed by atoms with E-state index in [9.17, 15) is 9.59 Å². The molecule has 1 heterocycles. The van der Waals surface area contributed by atoms with Crippen molar-refractivity contribution in [2.24, 2.45) is 11.7 Å². The Labute approximate surface area is 159 Å². The smallest absolute Gasteiger partial charge is 0.256 e. The molecule has 3 N–H and O–H groups in total. The van der Waals surface area contributed by atoms with Gasteiger partial charge in [0.05, 0.1) is 18.4 Å². The molecule has 0 bridgehead atoms. The molecule has 1 saturated heterocycles. The van der Waals surface area contributed by atoms with Crippen LogP contribution >= 0.6 is 0 Å². The van der Waals surface area contributed by atoms with Crippen LogP contribution in [0, 0.1) is 5.92 Å². The number of benzene rings is 2. The Hall–Kier alpha value is -2.86. The summed E-state index contributed by atoms with van der Waals surface area (Å²) in [7, 11) is 1.57. The Kier molecular flexibility index (Phi) is 5.76. The first-order valence-electron chi connectivity index (χ1n) is 9.09. The Morgan fingerprint density at radius 3 is 2.52 bits per heavy atom. The highest BCUT2D eigenvalue weighted by Crippen LogP contribution is 2.27. The standard InChI is InChI=1S/C21H25N3O3/c1-14-11-15(12-22)13-24(14)21(26)18-5-3-4-6-19(18)23-20(25)16-7-9-17(27-2)10-8-16/h3-10,14-15H,11-13,22H2,1-2H3,(H,23,25). The largest absolute Gasteiger partial charge is 0.497 e. The second-order valence-electron chi connectivity index (χ2n) is 6.87. The minimum Gasteiger partial charge on any atom is -0.497 e. The second-order valence-corrected chi connectivity index (χ2v) is 6.87. The number of methoxy groups -OCH3 is 1. The van der Waals surface area contributed by atoms with Gasteiger partial charge in [0.25, 0.3) is 11.8 Å². The average molecular weight is 367 g/mol. The maximum atomic E-state index is 13.1. The third kappa shape index (κ3) is 4.11. The fourth-order valence-electron chi connectivity index (χ4n) is 3.47. The van der Waals surface area contributed by atoms with E-state index in [2.05, 4.69) is 5.32 Å². The highest BCUT2D eigenvalue weighted by molar-refractivity contribution is 6.09. The first-order valence-corrected chi connectivity index (χ1v) is 9.09. The Bertz CT molecular complexity index is 820. The van der Waals surface area contributed by atoms with E-state index < -0.39 is 0 Å². The molecule has 142 valence electrons. The quantitative estimate of drug-likeness (QED) is 0.851. The molecule has 0 radical (unpaired) electrons. The minimum absolute atomic E-state index is 0.0796. The minimum atomic E-state index is -0.271. The fraction of sp³-hybridized carbons (Fsp3) is 0.333. The van der Waals surface area contributed by atoms with Crippen molar-refractivity contribution in [1.82, 2.24) is 4.90 Å². The molecule has 6 nitrogen and oxygen atoms in total. The lowest BCUT2D eigenvalue weighted by Gasteiger charge is -2.23. The van der Waals surface area contributed by atoms with Gasteiger partial charge in [-0.3, -0.25) is 9.59 Å². The van der Waals surface area contributed by atoms with Gasteiger partial charge in [-0.1, -0.05) is 12.1 Å². The average Bonchev–Trinajstić information content (AvgIpc) is 3.08. The van der Waals surface area contributed by atoms with Crippen LogP contribution < -0.4 is 15.8 Å². The summed E-state index contributed by atoms with van der Waals surface area (Å²) in [5.74, 6) is 0.654. The van der Waals surface area contributed by atoms with E-state index in [0.29, 0.717) is 41.6 Å². The first kappa shape index (κ1) is 18.9. The van der Waals surface area contributed by atoms with Crippen molar-refractivity contribution in [2.45, 2.75) is 19.4 Å². The molecule has 1 aliphatic heterocycles. The summed E-state index contributed by atoms with van der Waals surface area (Å²) in [6.07, 6.45) is 0.905. The highest BCUT2D eigenvalue weighted by atomic mass is 16.5. The molecule has 2 atom stereocenters. The monoisotopic (exact) mass is 367 g/mol. The van der Waals surface area contributed by atoms with Crippen LogP contribution in [0.5, 0.6) is 5.75 Å². The molecular weight excluding hydrogens is 342 g/mol. The summed E-state index contributed by atoms with van der Waals surface area (Å²) in [4.78, 5) is 27.5. The molecule has 1 fully saturated rings. The lowest BCUT2D eigenvalue weighted by Crippen LogP contribution is -2.35. The van der Waals surface area contributed by atoms with E-state index in [-0.39, 0.29) is 17.9 Å². The van der Waals surface area contributed by atoms with Crippen molar-refractivity contribution in [1.29, 1.82) is 0 Å². The zero-order chi connectivity index (χ0) is 19.4. The summed E-state index contributed by atoms with van der Waals surface area (Å²) in [6.45, 7) is 3.26. The summed E-state index contributed by atoms with van der Waals surface area (Å²) in [6, 6.07) is 14.1. The van der Waals surface area contributed by atoms with Gasteiger partial charge in [-0.2, -0.15) is 0 Å². The lowest BCUT2D eigenvalue weighted by molar-refractivity contribution is 0.0744. The maximum Gasteiger partial charge on any atom is 0.256 e. The predicted molar refractivity (Wildman–Crippen MR) is 105 cm³/mol. The van der Waals surface area contributed by atoms with Gasteiger partial charge < -0.3 is 20.7 Å². The summed E-state index contributed by atoms with van der Waals surface area (Å²) < 4.78 is 5.11. The first-order chi connectivity index (χ1) is 13.0. The number of nitrogens with one attached hydrogen (secondary N) is 1. The van der Waals surface area contributed by atoms with Gasteiger partial charge in [-0.25, -0.2) is 0 Å². The number of ether oxygens (including phenoxy) is 1. The third-order valence-electron chi connectivity index (χ3n) is 5.01. The van der Waals surface area contributed by atoms with Gasteiger partial charge in [-0.05, 0) is 62.2 Å². The number of likely N-dealkylation sites (tertiary alicyclic amines) is 1. The van der Waals surface area contributed by atoms with Crippen LogP contribution in [0.4, 0.5) is 5.69 Å². The van der Waals surface area contributed by atoms with Crippen LogP contribution in [-0.4, -0.2) is 43.0 Å². The number of carbonyl (C=O) groups is 2. The molecule has 0 aliphatic carbocycles. The molecular formula is C21H25N3O3. The van der Waals surface area contributed by atoms with Crippen LogP contribution in [0.3, 0.4) is 0 Å². The van der Waals surface area contributed by atoms with Crippen molar-refractivity contribution in [3.8, 4) is 5.75 Å². The number of hydrogen-bond donors (Lipinski definition) is 2. The van der Waals surface area contributed by atoms with Crippen LogP contribution in [0.2, 0.25) is 0 Å². The highest BCUT2D eigenvalue weighted by Gasteiger charge is 2.33. The van der Waals surface area contributed by atoms with Crippen LogP contribution in [0.25, 0.3) is 0 Å². The van der Waals surface area contributed by atoms with Gasteiger partial charge >= 0.3 is 0 Å². The number of para-hydroxylation sites is 1. The van der Waals surface area contributed by atoms with E-state index in [1.54, 1.807) is 55.6 Å². The van der Waals surface area contributed by atoms with Crippen molar-refractivity contribution in [3.63, 3.8) is 0 Å². The predicted octanol–water partition coefficient (Wildman–Crippen LogP) is 2.76. The topological polar surface area (TPSA) is 84.7 Å². The number of carbonyl (C=O) groups excluding carboxylic acids is 2. The number of anilines is 1. The summed E-state index contributed by atoms with van der Waals surface area (Å²) >= 11 is 0. The fourth-order valence-corrected chi connectivity index (χ4v) is 3.47. The molecule has 2 unspecified atom stereocenters. The number of nitrogens with two attached hydrogens (primary N) is 1. The molecule has 1 aliphatic rings. The lowest BCUT2D eigenvalue weighted by atomic mass is 10.1. The van der Waals surface area contributed by atoms with E-state index in [1.807, 2.05) is 11.8 Å². The summed E-state index contributed by atoms with van der Waals surface area (Å²) in [5.41, 5.74) is 7.27. The zero-order valence-electron chi connectivity index (χ0n) is 15.6. The molecule has 0 aromatic heterocycles. The number of hydrogen-bond acceptors (Lipinski definition) is 4. The Balaban J connectivity index is 1.79. The van der Waals surface area contributed by atoms with E-state index in [1.165, 1.54) is 0 Å². The van der Waals surface area contributed by atoms with Crippen LogP contribution in [0.1, 0.15) is 34.1 Å². The SMILES string of the molecule is COc1ccc(C(=O)Nc2ccccc2C(=O)N2CC(CN)CC2C)cc1. The number of nitrogens with zero attached hydrogens (tertiary/aromatic N) is 1. The maximum absolute atomic E-state index is 13.1. The van der Waals surface area contributed by atoms with Crippen molar-refractivity contribution in [2.75, 3.05) is 25.5 Å². The number of rotatable bonds is 5. The molecule has 2 aromatic rings. The van der Waals surface area contributed by atoms with Crippen LogP contribution in [-0.2, 0) is 0 Å². The molecule has 27 heavy (non-hydrogen) atoms. The normalized spacial score (nSPS) is 19.0. The second kappa shape index (κ2) is 8.22. The van der Waals surface area contributed by atoms with Crippen molar-refractivity contribution >= 4 is 17.5 Å². The summed E-state index contributed by atoms with van der Waals surface area (Å²) in [5, 5.41) is 2.86. The third-order valence-corrected chi connectivity index (χ3v) is 5.01. The number of amides is 2. The van der Waals surface area contributed by atoms with Crippen molar-refractivity contribution in [3.05, 3.63) is 59.7 Å². The van der Waals surface area contributed by atoms with E-state index >= 15 is 0 Å². The molecule has 2 aromatic carbocycles. The van der Waals surface area contributed by atoms with Gasteiger partial charge in [0.15, 0.2) is 0 Å². The Morgan fingerprint density at radius 1 is 1.19 bits per heavy atom. The zero-order valence-corrected chi connectivity index (χ0v) is 15.6. The van der Waals surface area contributed by atoms with Crippen LogP contribution in [0.15, 0.2) is 48.5 Å². The molecule has 2 amide bonds. The van der Waals surface area contributed by atoms with Gasteiger partial charge in [0.2, 0.25) is 0 Å². The van der Waals surface area contributed by atoms with Crippen molar-refractivity contribution < 1.29 is 14.3 Å². The van der Waals surface area contributed by atoms with Gasteiger partial charge in [0, 0.05) is 18.2 Å². The van der Waals surface area contributed by atoms with Gasteiger partial charge in [0.1, 0.15) is 5.75 Å². The molecule has 0 spiro atoms. The van der Waals surface area contributed by atoms with E-state index in [4.69, 9.17) is 10.5 Å². The molecule has 0 saturated carbocycles. The molecule has 6 heteroatoms.